The zero-order chi connectivity index (χ0) is 22.9. The molecule has 2 aromatic heterocycles. The lowest BCUT2D eigenvalue weighted by Gasteiger charge is -2.12. The van der Waals surface area contributed by atoms with E-state index < -0.39 is 10.9 Å². The van der Waals surface area contributed by atoms with E-state index in [0.717, 1.165) is 27.5 Å². The summed E-state index contributed by atoms with van der Waals surface area (Å²) in [5.41, 5.74) is 4.48. The number of ether oxygens (including phenoxy) is 1. The van der Waals surface area contributed by atoms with E-state index in [0.29, 0.717) is 23.2 Å². The van der Waals surface area contributed by atoms with Crippen molar-refractivity contribution >= 4 is 33.5 Å². The zero-order valence-electron chi connectivity index (χ0n) is 17.9. The minimum absolute atomic E-state index is 0.0289. The molecule has 0 saturated heterocycles. The fourth-order valence-electron chi connectivity index (χ4n) is 4.30. The number of aromatic amines is 1. The molecule has 0 bridgehead atoms. The quantitative estimate of drug-likeness (QED) is 0.202. The molecule has 1 N–H and O–H groups in total. The lowest BCUT2D eigenvalue weighted by atomic mass is 10.00. The molecule has 3 aromatic carbocycles. The van der Waals surface area contributed by atoms with Gasteiger partial charge in [-0.1, -0.05) is 36.4 Å². The molecule has 33 heavy (non-hydrogen) atoms. The van der Waals surface area contributed by atoms with Gasteiger partial charge < -0.3 is 14.3 Å². The van der Waals surface area contributed by atoms with Crippen LogP contribution in [0.2, 0.25) is 0 Å². The van der Waals surface area contributed by atoms with Gasteiger partial charge in [-0.15, -0.1) is 0 Å². The first-order valence-corrected chi connectivity index (χ1v) is 10.7. The van der Waals surface area contributed by atoms with E-state index in [-0.39, 0.29) is 12.3 Å². The number of carbonyl (C=O) groups is 1. The molecule has 0 unspecified atom stereocenters. The van der Waals surface area contributed by atoms with Gasteiger partial charge in [0.2, 0.25) is 0 Å². The second-order valence-electron chi connectivity index (χ2n) is 7.75. The van der Waals surface area contributed by atoms with Gasteiger partial charge in [0.25, 0.3) is 5.69 Å². The predicted molar refractivity (Wildman–Crippen MR) is 127 cm³/mol. The third kappa shape index (κ3) is 3.63. The number of nitro benzene ring substituents is 1. The Balaban J connectivity index is 1.85. The molecule has 5 aromatic rings. The third-order valence-electron chi connectivity index (χ3n) is 5.75. The molecule has 0 aliphatic carbocycles. The molecule has 7 nitrogen and oxygen atoms in total. The molecule has 7 heteroatoms. The van der Waals surface area contributed by atoms with E-state index >= 15 is 0 Å². The topological polar surface area (TPSA) is 90.2 Å². The number of benzene rings is 3. The largest absolute Gasteiger partial charge is 0.461 e. The summed E-state index contributed by atoms with van der Waals surface area (Å²) in [4.78, 5) is 27.6. The van der Waals surface area contributed by atoms with Gasteiger partial charge in [0.05, 0.1) is 17.0 Å². The second-order valence-corrected chi connectivity index (χ2v) is 7.75. The van der Waals surface area contributed by atoms with Gasteiger partial charge in [0.1, 0.15) is 5.69 Å². The molecule has 164 valence electrons. The van der Waals surface area contributed by atoms with Crippen LogP contribution in [0.25, 0.3) is 32.9 Å². The van der Waals surface area contributed by atoms with Crippen LogP contribution in [0.15, 0.2) is 79.0 Å². The molecule has 0 saturated carbocycles. The molecule has 0 atom stereocenters. The normalized spacial score (nSPS) is 11.2. The second kappa shape index (κ2) is 8.27. The number of hydrogen-bond donors (Lipinski definition) is 1. The Morgan fingerprint density at radius 1 is 1.06 bits per heavy atom. The van der Waals surface area contributed by atoms with Gasteiger partial charge >= 0.3 is 5.97 Å². The van der Waals surface area contributed by atoms with E-state index in [1.165, 1.54) is 12.1 Å². The van der Waals surface area contributed by atoms with Crippen LogP contribution in [0.1, 0.15) is 23.0 Å². The van der Waals surface area contributed by atoms with E-state index in [9.17, 15) is 14.9 Å². The van der Waals surface area contributed by atoms with Gasteiger partial charge in [-0.2, -0.15) is 0 Å². The Bertz CT molecular complexity index is 1500. The molecular weight excluding hydrogens is 418 g/mol. The fourth-order valence-corrected chi connectivity index (χ4v) is 4.30. The molecule has 0 aliphatic rings. The highest BCUT2D eigenvalue weighted by Crippen LogP contribution is 2.39. The summed E-state index contributed by atoms with van der Waals surface area (Å²) >= 11 is 0. The van der Waals surface area contributed by atoms with Crippen LogP contribution in [0.5, 0.6) is 0 Å². The summed E-state index contributed by atoms with van der Waals surface area (Å²) in [6.07, 6.45) is 1.85. The fraction of sp³-hybridized carbons (Fsp3) is 0.115. The van der Waals surface area contributed by atoms with Crippen LogP contribution in [0, 0.1) is 10.1 Å². The van der Waals surface area contributed by atoms with E-state index in [2.05, 4.69) is 4.98 Å². The minimum atomic E-state index is -0.462. The van der Waals surface area contributed by atoms with Crippen LogP contribution in [0.4, 0.5) is 5.69 Å². The molecule has 0 fully saturated rings. The number of non-ortho nitro benzene ring substituents is 1. The van der Waals surface area contributed by atoms with Crippen LogP contribution in [-0.4, -0.2) is 27.1 Å². The first-order valence-electron chi connectivity index (χ1n) is 10.7. The number of nitrogens with one attached hydrogen (secondary N) is 1. The van der Waals surface area contributed by atoms with Crippen LogP contribution in [0.3, 0.4) is 0 Å². The molecule has 2 heterocycles. The summed E-state index contributed by atoms with van der Waals surface area (Å²) in [6.45, 7) is 2.41. The molecular formula is C26H21N3O4. The summed E-state index contributed by atoms with van der Waals surface area (Å²) in [5.74, 6) is -0.462. The maximum Gasteiger partial charge on any atom is 0.355 e. The third-order valence-corrected chi connectivity index (χ3v) is 5.75. The van der Waals surface area contributed by atoms with Crippen molar-refractivity contribution in [1.29, 1.82) is 0 Å². The highest BCUT2D eigenvalue weighted by Gasteiger charge is 2.26. The molecule has 0 radical (unpaired) electrons. The minimum Gasteiger partial charge on any atom is -0.461 e. The molecule has 0 aliphatic heterocycles. The Labute approximate surface area is 189 Å². The highest BCUT2D eigenvalue weighted by atomic mass is 16.6. The lowest BCUT2D eigenvalue weighted by Crippen LogP contribution is -2.14. The van der Waals surface area contributed by atoms with Crippen molar-refractivity contribution in [2.45, 2.75) is 13.5 Å². The average molecular weight is 439 g/mol. The lowest BCUT2D eigenvalue weighted by molar-refractivity contribution is -0.384. The number of aromatic nitrogens is 2. The van der Waals surface area contributed by atoms with Gasteiger partial charge in [-0.3, -0.25) is 10.1 Å². The number of carbonyl (C=O) groups excluding carboxylic acids is 1. The van der Waals surface area contributed by atoms with Gasteiger partial charge in [-0.25, -0.2) is 4.79 Å². The Hall–Kier alpha value is -4.39. The number of hydrogen-bond acceptors (Lipinski definition) is 4. The zero-order valence-corrected chi connectivity index (χ0v) is 17.9. The van der Waals surface area contributed by atoms with E-state index in [4.69, 9.17) is 4.74 Å². The van der Waals surface area contributed by atoms with Crippen molar-refractivity contribution in [2.75, 3.05) is 6.61 Å². The van der Waals surface area contributed by atoms with Crippen LogP contribution >= 0.6 is 0 Å². The average Bonchev–Trinajstić information content (AvgIpc) is 3.41. The Morgan fingerprint density at radius 2 is 1.88 bits per heavy atom. The molecule has 0 spiro atoms. The van der Waals surface area contributed by atoms with Crippen LogP contribution < -0.4 is 0 Å². The maximum absolute atomic E-state index is 13.3. The van der Waals surface area contributed by atoms with Crippen molar-refractivity contribution in [3.05, 3.63) is 100 Å². The SMILES string of the molecule is CCOC(=O)c1c(-c2ccc3[nH]ccc3c2)c2cc([N+](=O)[O-])ccc2n1Cc1ccccc1. The van der Waals surface area contributed by atoms with Crippen molar-refractivity contribution in [3.63, 3.8) is 0 Å². The number of rotatable bonds is 6. The van der Waals surface area contributed by atoms with Crippen molar-refractivity contribution in [3.8, 4) is 11.1 Å². The summed E-state index contributed by atoms with van der Waals surface area (Å²) in [6, 6.07) is 22.3. The Kier molecular flexibility index (Phi) is 5.14. The van der Waals surface area contributed by atoms with Gasteiger partial charge in [0, 0.05) is 41.3 Å². The van der Waals surface area contributed by atoms with Gasteiger partial charge in [-0.05, 0) is 47.7 Å². The number of nitro groups is 1. The highest BCUT2D eigenvalue weighted by molar-refractivity contribution is 6.10. The maximum atomic E-state index is 13.3. The standard InChI is InChI=1S/C26H21N3O4/c1-2-33-26(30)25-24(19-8-10-22-18(14-19)12-13-27-22)21-15-20(29(31)32)9-11-23(21)28(25)16-17-6-4-3-5-7-17/h3-15,27H,2,16H2,1H3. The van der Waals surface area contributed by atoms with Crippen molar-refractivity contribution in [1.82, 2.24) is 9.55 Å². The molecule has 0 amide bonds. The van der Waals surface area contributed by atoms with Crippen LogP contribution in [-0.2, 0) is 11.3 Å². The first-order chi connectivity index (χ1) is 16.1. The Morgan fingerprint density at radius 3 is 2.64 bits per heavy atom. The predicted octanol–water partition coefficient (Wildman–Crippen LogP) is 5.92. The van der Waals surface area contributed by atoms with E-state index in [1.54, 1.807) is 13.0 Å². The monoisotopic (exact) mass is 439 g/mol. The summed E-state index contributed by atoms with van der Waals surface area (Å²) in [7, 11) is 0. The van der Waals surface area contributed by atoms with E-state index in [1.807, 2.05) is 65.4 Å². The summed E-state index contributed by atoms with van der Waals surface area (Å²) in [5, 5.41) is 13.2. The van der Waals surface area contributed by atoms with Crippen molar-refractivity contribution in [2.24, 2.45) is 0 Å². The van der Waals surface area contributed by atoms with Crippen molar-refractivity contribution < 1.29 is 14.5 Å². The van der Waals surface area contributed by atoms with Gasteiger partial charge in [0.15, 0.2) is 0 Å². The molecule has 5 rings (SSSR count). The number of esters is 1. The number of nitrogens with zero attached hydrogens (tertiary/aromatic N) is 2. The smallest absolute Gasteiger partial charge is 0.355 e. The first kappa shape index (κ1) is 20.5. The summed E-state index contributed by atoms with van der Waals surface area (Å²) < 4.78 is 7.34. The number of fused-ring (bicyclic) bond motifs is 2. The number of H-pyrrole nitrogens is 1.